The Morgan fingerprint density at radius 1 is 1.28 bits per heavy atom. The van der Waals surface area contributed by atoms with Gasteiger partial charge in [-0.2, -0.15) is 0 Å². The van der Waals surface area contributed by atoms with E-state index in [1.54, 1.807) is 0 Å². The van der Waals surface area contributed by atoms with Gasteiger partial charge in [0, 0.05) is 30.7 Å². The van der Waals surface area contributed by atoms with Crippen molar-refractivity contribution in [2.24, 2.45) is 0 Å². The number of piperidine rings is 1. The van der Waals surface area contributed by atoms with Crippen LogP contribution in [0.1, 0.15) is 34.6 Å². The lowest BCUT2D eigenvalue weighted by Gasteiger charge is -2.25. The number of carbonyl (C=O) groups is 1. The molecule has 1 aliphatic rings. The van der Waals surface area contributed by atoms with Gasteiger partial charge < -0.3 is 4.90 Å². The van der Waals surface area contributed by atoms with E-state index in [1.807, 2.05) is 0 Å². The molecule has 0 saturated carbocycles. The third-order valence-corrected chi connectivity index (χ3v) is 5.00. The van der Waals surface area contributed by atoms with Crippen molar-refractivity contribution in [2.75, 3.05) is 25.0 Å². The zero-order valence-corrected chi connectivity index (χ0v) is 14.5. The Hall–Kier alpha value is -2.39. The van der Waals surface area contributed by atoms with Crippen LogP contribution in [-0.2, 0) is 6.42 Å². The fourth-order valence-corrected chi connectivity index (χ4v) is 3.50. The zero-order valence-electron chi connectivity index (χ0n) is 13.7. The smallest absolute Gasteiger partial charge is 0.270 e. The fourth-order valence-electron chi connectivity index (χ4n) is 2.77. The second-order valence-electron chi connectivity index (χ2n) is 5.91. The quantitative estimate of drug-likeness (QED) is 0.627. The first-order valence-corrected chi connectivity index (χ1v) is 9.04. The molecule has 8 nitrogen and oxygen atoms in total. The molecular weight excluding hydrogens is 342 g/mol. The number of nitro groups is 1. The molecule has 1 aliphatic heterocycles. The van der Waals surface area contributed by atoms with Crippen molar-refractivity contribution in [3.63, 3.8) is 0 Å². The number of nitrogens with one attached hydrogen (secondary N) is 1. The number of anilines is 1. The minimum Gasteiger partial charge on any atom is -0.303 e. The molecule has 2 heterocycles. The van der Waals surface area contributed by atoms with Crippen molar-refractivity contribution in [3.05, 3.63) is 45.0 Å². The number of hydrogen-bond donors (Lipinski definition) is 1. The molecule has 0 atom stereocenters. The summed E-state index contributed by atoms with van der Waals surface area (Å²) in [5, 5.41) is 22.8. The lowest BCUT2D eigenvalue weighted by molar-refractivity contribution is -0.384. The molecule has 132 valence electrons. The third-order valence-electron chi connectivity index (χ3n) is 4.10. The lowest BCUT2D eigenvalue weighted by Crippen LogP contribution is -2.31. The van der Waals surface area contributed by atoms with Crippen LogP contribution in [0.15, 0.2) is 24.3 Å². The highest BCUT2D eigenvalue weighted by Crippen LogP contribution is 2.19. The van der Waals surface area contributed by atoms with Gasteiger partial charge in [0.05, 0.1) is 4.92 Å². The topological polar surface area (TPSA) is 101 Å². The number of benzene rings is 1. The van der Waals surface area contributed by atoms with Crippen molar-refractivity contribution in [2.45, 2.75) is 25.7 Å². The summed E-state index contributed by atoms with van der Waals surface area (Å²) in [4.78, 5) is 24.9. The molecule has 9 heteroatoms. The SMILES string of the molecule is O=C(Nc1nnc(CCN2CCCCC2)s1)c1cccc([N+](=O)[O-])c1. The van der Waals surface area contributed by atoms with Crippen molar-refractivity contribution in [1.29, 1.82) is 0 Å². The van der Waals surface area contributed by atoms with E-state index in [1.165, 1.54) is 54.9 Å². The molecule has 0 spiro atoms. The van der Waals surface area contributed by atoms with Gasteiger partial charge in [-0.15, -0.1) is 10.2 Å². The highest BCUT2D eigenvalue weighted by atomic mass is 32.1. The van der Waals surface area contributed by atoms with Crippen LogP contribution in [0.5, 0.6) is 0 Å². The van der Waals surface area contributed by atoms with Crippen LogP contribution in [0, 0.1) is 10.1 Å². The fraction of sp³-hybridized carbons (Fsp3) is 0.438. The molecule has 1 amide bonds. The summed E-state index contributed by atoms with van der Waals surface area (Å²) < 4.78 is 0. The number of likely N-dealkylation sites (tertiary alicyclic amines) is 1. The molecule has 1 fully saturated rings. The summed E-state index contributed by atoms with van der Waals surface area (Å²) in [6.45, 7) is 3.22. The Morgan fingerprint density at radius 2 is 2.08 bits per heavy atom. The molecule has 0 radical (unpaired) electrons. The molecule has 2 aromatic rings. The van der Waals surface area contributed by atoms with E-state index in [2.05, 4.69) is 20.4 Å². The van der Waals surface area contributed by atoms with E-state index in [4.69, 9.17) is 0 Å². The average Bonchev–Trinajstić information content (AvgIpc) is 3.08. The van der Waals surface area contributed by atoms with E-state index in [9.17, 15) is 14.9 Å². The number of non-ortho nitro benzene ring substituents is 1. The van der Waals surface area contributed by atoms with Crippen LogP contribution in [0.2, 0.25) is 0 Å². The molecule has 0 unspecified atom stereocenters. The monoisotopic (exact) mass is 361 g/mol. The molecule has 3 rings (SSSR count). The van der Waals surface area contributed by atoms with E-state index in [-0.39, 0.29) is 11.3 Å². The number of carbonyl (C=O) groups excluding carboxylic acids is 1. The summed E-state index contributed by atoms with van der Waals surface area (Å²) in [7, 11) is 0. The number of hydrogen-bond acceptors (Lipinski definition) is 7. The van der Waals surface area contributed by atoms with Crippen LogP contribution in [0.4, 0.5) is 10.8 Å². The molecule has 1 N–H and O–H groups in total. The summed E-state index contributed by atoms with van der Waals surface area (Å²) in [5.41, 5.74) is 0.103. The maximum atomic E-state index is 12.2. The Morgan fingerprint density at radius 3 is 2.84 bits per heavy atom. The summed E-state index contributed by atoms with van der Waals surface area (Å²) in [5.74, 6) is -0.428. The minimum atomic E-state index is -0.527. The second-order valence-corrected chi connectivity index (χ2v) is 6.98. The van der Waals surface area contributed by atoms with E-state index in [0.717, 1.165) is 31.1 Å². The molecular formula is C16H19N5O3S. The summed E-state index contributed by atoms with van der Waals surface area (Å²) in [6.07, 6.45) is 4.62. The Balaban J connectivity index is 1.56. The first-order valence-electron chi connectivity index (χ1n) is 8.22. The number of nitrogens with zero attached hydrogens (tertiary/aromatic N) is 4. The van der Waals surface area contributed by atoms with Crippen LogP contribution >= 0.6 is 11.3 Å². The van der Waals surface area contributed by atoms with E-state index < -0.39 is 10.8 Å². The van der Waals surface area contributed by atoms with Crippen LogP contribution in [0.3, 0.4) is 0 Å². The maximum Gasteiger partial charge on any atom is 0.270 e. The minimum absolute atomic E-state index is 0.118. The first-order chi connectivity index (χ1) is 12.1. The third kappa shape index (κ3) is 4.80. The van der Waals surface area contributed by atoms with E-state index in [0.29, 0.717) is 5.13 Å². The lowest BCUT2D eigenvalue weighted by atomic mass is 10.1. The van der Waals surface area contributed by atoms with E-state index >= 15 is 0 Å². The van der Waals surface area contributed by atoms with Crippen molar-refractivity contribution in [3.8, 4) is 0 Å². The number of amides is 1. The molecule has 1 saturated heterocycles. The molecule has 0 bridgehead atoms. The number of aromatic nitrogens is 2. The van der Waals surface area contributed by atoms with Gasteiger partial charge in [0.1, 0.15) is 5.01 Å². The first kappa shape index (κ1) is 17.4. The Kier molecular flexibility index (Phi) is 5.67. The van der Waals surface area contributed by atoms with Gasteiger partial charge in [-0.25, -0.2) is 0 Å². The van der Waals surface area contributed by atoms with Gasteiger partial charge in [0.15, 0.2) is 0 Å². The van der Waals surface area contributed by atoms with Gasteiger partial charge in [0.2, 0.25) is 5.13 Å². The van der Waals surface area contributed by atoms with Crippen LogP contribution in [0.25, 0.3) is 0 Å². The van der Waals surface area contributed by atoms with Gasteiger partial charge in [0.25, 0.3) is 11.6 Å². The highest BCUT2D eigenvalue weighted by molar-refractivity contribution is 7.15. The number of nitro benzene ring substituents is 1. The molecule has 1 aromatic heterocycles. The van der Waals surface area contributed by atoms with Crippen molar-refractivity contribution >= 4 is 28.1 Å². The van der Waals surface area contributed by atoms with Crippen molar-refractivity contribution < 1.29 is 9.72 Å². The van der Waals surface area contributed by atoms with Gasteiger partial charge in [-0.1, -0.05) is 23.8 Å². The van der Waals surface area contributed by atoms with Crippen molar-refractivity contribution in [1.82, 2.24) is 15.1 Å². The molecule has 0 aliphatic carbocycles. The van der Waals surface area contributed by atoms with Crippen LogP contribution < -0.4 is 5.32 Å². The number of rotatable bonds is 6. The standard InChI is InChI=1S/C16H19N5O3S/c22-15(12-5-4-6-13(11-12)21(23)24)17-16-19-18-14(25-16)7-10-20-8-2-1-3-9-20/h4-6,11H,1-3,7-10H2,(H,17,19,22). The van der Waals surface area contributed by atoms with Gasteiger partial charge >= 0.3 is 0 Å². The molecule has 25 heavy (non-hydrogen) atoms. The zero-order chi connectivity index (χ0) is 17.6. The summed E-state index contributed by atoms with van der Waals surface area (Å²) >= 11 is 1.34. The van der Waals surface area contributed by atoms with Crippen LogP contribution in [-0.4, -0.2) is 45.6 Å². The highest BCUT2D eigenvalue weighted by Gasteiger charge is 2.15. The predicted molar refractivity (Wildman–Crippen MR) is 95.0 cm³/mol. The largest absolute Gasteiger partial charge is 0.303 e. The molecule has 1 aromatic carbocycles. The predicted octanol–water partition coefficient (Wildman–Crippen LogP) is 2.73. The second kappa shape index (κ2) is 8.13. The summed E-state index contributed by atoms with van der Waals surface area (Å²) in [6, 6.07) is 5.60. The average molecular weight is 361 g/mol. The Bertz CT molecular complexity index is 758. The Labute approximate surface area is 149 Å². The van der Waals surface area contributed by atoms with Gasteiger partial charge in [-0.3, -0.25) is 20.2 Å². The maximum absolute atomic E-state index is 12.2. The van der Waals surface area contributed by atoms with Gasteiger partial charge in [-0.05, 0) is 32.0 Å². The normalized spacial score (nSPS) is 15.0.